The molecule has 1 aliphatic carbocycles. The lowest BCUT2D eigenvalue weighted by atomic mass is 10.1. The Balaban J connectivity index is 1.58. The smallest absolute Gasteiger partial charge is 0.101 e. The molecule has 7 heteroatoms. The van der Waals surface area contributed by atoms with E-state index in [1.165, 1.54) is 6.21 Å². The molecule has 4 rings (SSSR count). The highest BCUT2D eigenvalue weighted by Crippen LogP contribution is 2.34. The quantitative estimate of drug-likeness (QED) is 0.606. The third-order valence-electron chi connectivity index (χ3n) is 4.70. The van der Waals surface area contributed by atoms with Gasteiger partial charge in [0.15, 0.2) is 0 Å². The highest BCUT2D eigenvalue weighted by Gasteiger charge is 2.24. The summed E-state index contributed by atoms with van der Waals surface area (Å²) in [6.45, 7) is 0. The molecule has 0 amide bonds. The van der Waals surface area contributed by atoms with E-state index in [4.69, 9.17) is 10.7 Å². The number of anilines is 3. The maximum absolute atomic E-state index is 9.04. The van der Waals surface area contributed by atoms with Crippen LogP contribution in [0.25, 0.3) is 0 Å². The molecule has 27 heavy (non-hydrogen) atoms. The Bertz CT molecular complexity index is 1040. The number of rotatable bonds is 5. The molecule has 0 saturated heterocycles. The summed E-state index contributed by atoms with van der Waals surface area (Å²) in [5, 5.41) is 27.7. The first-order chi connectivity index (χ1) is 13.2. The number of nitriles is 1. The van der Waals surface area contributed by atoms with Crippen LogP contribution in [0.2, 0.25) is 0 Å². The molecule has 1 atom stereocenters. The molecule has 0 fully saturated rings. The average molecular weight is 357 g/mol. The lowest BCUT2D eigenvalue weighted by Crippen LogP contribution is -2.09. The van der Waals surface area contributed by atoms with Crippen molar-refractivity contribution in [3.8, 4) is 6.07 Å². The van der Waals surface area contributed by atoms with Gasteiger partial charge in [0.05, 0.1) is 29.2 Å². The van der Waals surface area contributed by atoms with E-state index < -0.39 is 0 Å². The lowest BCUT2D eigenvalue weighted by Gasteiger charge is -2.17. The SMILES string of the molecule is Cn1cc(Nc2cc(NC3CCc4cc(C#N)cnc43)ccc2C=N)cn1. The summed E-state index contributed by atoms with van der Waals surface area (Å²) in [5.74, 6) is 0. The summed E-state index contributed by atoms with van der Waals surface area (Å²) >= 11 is 0. The third-order valence-corrected chi connectivity index (χ3v) is 4.70. The topological polar surface area (TPSA) is 102 Å². The predicted molar refractivity (Wildman–Crippen MR) is 104 cm³/mol. The van der Waals surface area contributed by atoms with Crippen molar-refractivity contribution in [1.29, 1.82) is 10.7 Å². The van der Waals surface area contributed by atoms with E-state index in [1.54, 1.807) is 17.1 Å². The van der Waals surface area contributed by atoms with E-state index in [-0.39, 0.29) is 6.04 Å². The second-order valence-electron chi connectivity index (χ2n) is 6.59. The maximum Gasteiger partial charge on any atom is 0.101 e. The maximum atomic E-state index is 9.04. The number of hydrogen-bond acceptors (Lipinski definition) is 6. The average Bonchev–Trinajstić information content (AvgIpc) is 3.27. The van der Waals surface area contributed by atoms with Gasteiger partial charge in [0.25, 0.3) is 0 Å². The molecule has 1 aliphatic rings. The molecule has 0 aliphatic heterocycles. The minimum atomic E-state index is 0.116. The fourth-order valence-electron chi connectivity index (χ4n) is 3.40. The van der Waals surface area contributed by atoms with Crippen molar-refractivity contribution < 1.29 is 0 Å². The Hall–Kier alpha value is -3.66. The summed E-state index contributed by atoms with van der Waals surface area (Å²) in [5.41, 5.74) is 6.21. The number of fused-ring (bicyclic) bond motifs is 1. The fraction of sp³-hybridized carbons (Fsp3) is 0.200. The monoisotopic (exact) mass is 357 g/mol. The second-order valence-corrected chi connectivity index (χ2v) is 6.59. The van der Waals surface area contributed by atoms with Crippen LogP contribution in [0, 0.1) is 16.7 Å². The molecule has 1 aromatic carbocycles. The number of nitrogens with zero attached hydrogens (tertiary/aromatic N) is 4. The van der Waals surface area contributed by atoms with Gasteiger partial charge in [-0.15, -0.1) is 0 Å². The number of benzene rings is 1. The first-order valence-corrected chi connectivity index (χ1v) is 8.72. The first kappa shape index (κ1) is 16.8. The van der Waals surface area contributed by atoms with Crippen LogP contribution in [0.4, 0.5) is 17.1 Å². The van der Waals surface area contributed by atoms with Crippen LogP contribution < -0.4 is 10.6 Å². The van der Waals surface area contributed by atoms with Gasteiger partial charge in [0.2, 0.25) is 0 Å². The van der Waals surface area contributed by atoms with Gasteiger partial charge in [-0.1, -0.05) is 0 Å². The van der Waals surface area contributed by atoms with Gasteiger partial charge in [-0.25, -0.2) is 0 Å². The summed E-state index contributed by atoms with van der Waals surface area (Å²) in [7, 11) is 1.86. The Kier molecular flexibility index (Phi) is 4.30. The number of aromatic nitrogens is 3. The highest BCUT2D eigenvalue weighted by atomic mass is 15.3. The lowest BCUT2D eigenvalue weighted by molar-refractivity contribution is 0.746. The van der Waals surface area contributed by atoms with E-state index in [1.807, 2.05) is 37.5 Å². The molecule has 3 N–H and O–H groups in total. The predicted octanol–water partition coefficient (Wildman–Crippen LogP) is 3.53. The molecule has 2 heterocycles. The van der Waals surface area contributed by atoms with Crippen LogP contribution >= 0.6 is 0 Å². The zero-order chi connectivity index (χ0) is 18.8. The standard InChI is InChI=1S/C20H19N7/c1-27-12-17(11-24-27)26-19-7-16(4-2-15(19)9-22)25-18-5-3-14-6-13(8-21)10-23-20(14)18/h2,4,6-7,9-12,18,22,25-26H,3,5H2,1H3. The minimum absolute atomic E-state index is 0.116. The van der Waals surface area contributed by atoms with E-state index in [9.17, 15) is 0 Å². The first-order valence-electron chi connectivity index (χ1n) is 8.72. The van der Waals surface area contributed by atoms with E-state index >= 15 is 0 Å². The van der Waals surface area contributed by atoms with Gasteiger partial charge in [-0.3, -0.25) is 9.67 Å². The molecule has 1 unspecified atom stereocenters. The van der Waals surface area contributed by atoms with Gasteiger partial charge in [0, 0.05) is 42.6 Å². The Morgan fingerprint density at radius 3 is 2.93 bits per heavy atom. The molecule has 0 bridgehead atoms. The molecule has 3 aromatic rings. The fourth-order valence-corrected chi connectivity index (χ4v) is 3.40. The van der Waals surface area contributed by atoms with Crippen molar-refractivity contribution in [2.45, 2.75) is 18.9 Å². The summed E-state index contributed by atoms with van der Waals surface area (Å²) in [4.78, 5) is 4.49. The van der Waals surface area contributed by atoms with E-state index in [2.05, 4.69) is 26.8 Å². The van der Waals surface area contributed by atoms with Crippen molar-refractivity contribution in [2.75, 3.05) is 10.6 Å². The van der Waals surface area contributed by atoms with Gasteiger partial charge < -0.3 is 16.0 Å². The summed E-state index contributed by atoms with van der Waals surface area (Å²) < 4.78 is 1.73. The van der Waals surface area contributed by atoms with Crippen molar-refractivity contribution in [2.24, 2.45) is 7.05 Å². The largest absolute Gasteiger partial charge is 0.377 e. The zero-order valence-corrected chi connectivity index (χ0v) is 14.9. The zero-order valence-electron chi connectivity index (χ0n) is 14.9. The van der Waals surface area contributed by atoms with Crippen molar-refractivity contribution in [3.63, 3.8) is 0 Å². The van der Waals surface area contributed by atoms with Crippen LogP contribution in [0.1, 0.15) is 34.8 Å². The van der Waals surface area contributed by atoms with Crippen LogP contribution in [-0.4, -0.2) is 21.0 Å². The summed E-state index contributed by atoms with van der Waals surface area (Å²) in [6.07, 6.45) is 8.45. The number of nitrogens with one attached hydrogen (secondary N) is 3. The molecular weight excluding hydrogens is 338 g/mol. The third kappa shape index (κ3) is 3.37. The highest BCUT2D eigenvalue weighted by molar-refractivity contribution is 5.88. The Labute approximate surface area is 157 Å². The van der Waals surface area contributed by atoms with Crippen LogP contribution in [0.3, 0.4) is 0 Å². The van der Waals surface area contributed by atoms with Gasteiger partial charge in [-0.2, -0.15) is 10.4 Å². The molecule has 0 spiro atoms. The van der Waals surface area contributed by atoms with Crippen LogP contribution in [0.15, 0.2) is 42.9 Å². The van der Waals surface area contributed by atoms with E-state index in [0.717, 1.165) is 46.7 Å². The normalized spacial score (nSPS) is 15.0. The molecule has 134 valence electrons. The molecule has 2 aromatic heterocycles. The Morgan fingerprint density at radius 1 is 1.30 bits per heavy atom. The number of pyridine rings is 1. The second kappa shape index (κ2) is 6.92. The summed E-state index contributed by atoms with van der Waals surface area (Å²) in [6, 6.07) is 10.1. The molecule has 7 nitrogen and oxygen atoms in total. The molecule has 0 saturated carbocycles. The van der Waals surface area contributed by atoms with Crippen LogP contribution in [0.5, 0.6) is 0 Å². The minimum Gasteiger partial charge on any atom is -0.377 e. The van der Waals surface area contributed by atoms with E-state index in [0.29, 0.717) is 5.56 Å². The molecule has 0 radical (unpaired) electrons. The van der Waals surface area contributed by atoms with Crippen molar-refractivity contribution in [3.05, 3.63) is 65.2 Å². The Morgan fingerprint density at radius 2 is 2.19 bits per heavy atom. The van der Waals surface area contributed by atoms with Gasteiger partial charge in [0.1, 0.15) is 6.07 Å². The van der Waals surface area contributed by atoms with Gasteiger partial charge in [-0.05, 0) is 42.7 Å². The van der Waals surface area contributed by atoms with Gasteiger partial charge >= 0.3 is 0 Å². The van der Waals surface area contributed by atoms with Crippen molar-refractivity contribution in [1.82, 2.24) is 14.8 Å². The van der Waals surface area contributed by atoms with Crippen LogP contribution in [-0.2, 0) is 13.5 Å². The number of aryl methyl sites for hydroxylation is 2. The number of hydrogen-bond donors (Lipinski definition) is 3. The van der Waals surface area contributed by atoms with Crippen molar-refractivity contribution >= 4 is 23.3 Å². The molecular formula is C20H19N7.